The van der Waals surface area contributed by atoms with Gasteiger partial charge >= 0.3 is 0 Å². The Morgan fingerprint density at radius 2 is 2.00 bits per heavy atom. The molecule has 2 nitrogen and oxygen atoms in total. The molecule has 1 aliphatic carbocycles. The lowest BCUT2D eigenvalue weighted by Gasteiger charge is -2.29. The molecule has 1 saturated carbocycles. The summed E-state index contributed by atoms with van der Waals surface area (Å²) in [7, 11) is 0. The minimum Gasteiger partial charge on any atom is -0.366 e. The maximum atomic E-state index is 14.2. The molecule has 1 atom stereocenters. The summed E-state index contributed by atoms with van der Waals surface area (Å²) in [5.41, 5.74) is 7.34. The number of halogens is 1. The molecule has 0 amide bonds. The van der Waals surface area contributed by atoms with Crippen LogP contribution in [-0.4, -0.2) is 12.6 Å². The molecule has 2 N–H and O–H groups in total. The van der Waals surface area contributed by atoms with Crippen molar-refractivity contribution < 1.29 is 4.39 Å². The molecule has 100 valence electrons. The summed E-state index contributed by atoms with van der Waals surface area (Å²) in [5.74, 6) is 0.596. The first-order chi connectivity index (χ1) is 8.49. The first-order valence-electron chi connectivity index (χ1n) is 6.80. The van der Waals surface area contributed by atoms with E-state index in [-0.39, 0.29) is 11.9 Å². The summed E-state index contributed by atoms with van der Waals surface area (Å²) >= 11 is 0. The summed E-state index contributed by atoms with van der Waals surface area (Å²) in [6.45, 7) is 7.06. The van der Waals surface area contributed by atoms with Gasteiger partial charge in [0, 0.05) is 18.6 Å². The van der Waals surface area contributed by atoms with E-state index in [1.54, 1.807) is 6.07 Å². The average molecular weight is 250 g/mol. The highest BCUT2D eigenvalue weighted by Crippen LogP contribution is 2.33. The normalized spacial score (nSPS) is 17.0. The van der Waals surface area contributed by atoms with E-state index >= 15 is 0 Å². The van der Waals surface area contributed by atoms with Crippen LogP contribution in [0.25, 0.3) is 0 Å². The quantitative estimate of drug-likeness (QED) is 0.867. The third-order valence-corrected chi connectivity index (χ3v) is 3.58. The van der Waals surface area contributed by atoms with Crippen molar-refractivity contribution in [1.82, 2.24) is 0 Å². The van der Waals surface area contributed by atoms with Crippen molar-refractivity contribution in [2.45, 2.75) is 45.7 Å². The Morgan fingerprint density at radius 3 is 2.44 bits per heavy atom. The number of hydrogen-bond acceptors (Lipinski definition) is 2. The molecular weight excluding hydrogens is 227 g/mol. The van der Waals surface area contributed by atoms with Gasteiger partial charge in [0.2, 0.25) is 0 Å². The third kappa shape index (κ3) is 3.02. The van der Waals surface area contributed by atoms with E-state index in [0.29, 0.717) is 11.7 Å². The Hall–Kier alpha value is -1.09. The summed E-state index contributed by atoms with van der Waals surface area (Å²) in [5, 5.41) is 0. The zero-order valence-corrected chi connectivity index (χ0v) is 11.5. The fourth-order valence-corrected chi connectivity index (χ4v) is 2.21. The molecule has 0 aromatic heterocycles. The molecule has 0 bridgehead atoms. The highest BCUT2D eigenvalue weighted by Gasteiger charge is 2.26. The second kappa shape index (κ2) is 5.27. The lowest BCUT2D eigenvalue weighted by molar-refractivity contribution is 0.585. The summed E-state index contributed by atoms with van der Waals surface area (Å²) in [6, 6.07) is 5.58. The van der Waals surface area contributed by atoms with Gasteiger partial charge in [-0.05, 0) is 57.2 Å². The second-order valence-corrected chi connectivity index (χ2v) is 5.69. The summed E-state index contributed by atoms with van der Waals surface area (Å²) in [6.07, 6.45) is 2.56. The highest BCUT2D eigenvalue weighted by molar-refractivity contribution is 5.50. The predicted octanol–water partition coefficient (Wildman–Crippen LogP) is 3.47. The molecule has 0 radical (unpaired) electrons. The molecule has 1 aliphatic rings. The van der Waals surface area contributed by atoms with Crippen LogP contribution in [-0.2, 0) is 0 Å². The van der Waals surface area contributed by atoms with Crippen LogP contribution in [0.4, 0.5) is 10.1 Å². The monoisotopic (exact) mass is 250 g/mol. The van der Waals surface area contributed by atoms with Crippen molar-refractivity contribution >= 4 is 5.69 Å². The van der Waals surface area contributed by atoms with Gasteiger partial charge in [-0.1, -0.05) is 6.07 Å². The fourth-order valence-electron chi connectivity index (χ4n) is 2.21. The Balaban J connectivity index is 2.23. The smallest absolute Gasteiger partial charge is 0.146 e. The number of nitrogens with zero attached hydrogens (tertiary/aromatic N) is 1. The second-order valence-electron chi connectivity index (χ2n) is 5.69. The van der Waals surface area contributed by atoms with Gasteiger partial charge in [-0.15, -0.1) is 0 Å². The number of nitrogens with two attached hydrogens (primary N) is 1. The molecule has 0 unspecified atom stereocenters. The molecule has 18 heavy (non-hydrogen) atoms. The first-order valence-corrected chi connectivity index (χ1v) is 6.80. The summed E-state index contributed by atoms with van der Waals surface area (Å²) < 4.78 is 14.2. The maximum absolute atomic E-state index is 14.2. The number of anilines is 1. The van der Waals surface area contributed by atoms with Gasteiger partial charge in [0.15, 0.2) is 0 Å². The predicted molar refractivity (Wildman–Crippen MR) is 74.2 cm³/mol. The Labute approximate surface area is 109 Å². The lowest BCUT2D eigenvalue weighted by Crippen LogP contribution is -2.33. The van der Waals surface area contributed by atoms with Crippen LogP contribution in [0.3, 0.4) is 0 Å². The largest absolute Gasteiger partial charge is 0.366 e. The van der Waals surface area contributed by atoms with Crippen LogP contribution in [0.1, 0.15) is 45.2 Å². The van der Waals surface area contributed by atoms with Gasteiger partial charge < -0.3 is 10.6 Å². The molecule has 1 fully saturated rings. The van der Waals surface area contributed by atoms with Crippen molar-refractivity contribution in [3.63, 3.8) is 0 Å². The first kappa shape index (κ1) is 13.3. The topological polar surface area (TPSA) is 29.3 Å². The van der Waals surface area contributed by atoms with E-state index in [0.717, 1.165) is 18.0 Å². The SMILES string of the molecule is CC(C)N(CC1CC1)c1ccc([C@H](C)N)cc1F. The number of hydrogen-bond donors (Lipinski definition) is 1. The standard InChI is InChI=1S/C15H23FN2/c1-10(2)18(9-12-4-5-12)15-7-6-13(11(3)17)8-14(15)16/h6-8,10-12H,4-5,9,17H2,1-3H3/t11-/m0/s1. The van der Waals surface area contributed by atoms with Crippen LogP contribution in [0, 0.1) is 11.7 Å². The Kier molecular flexibility index (Phi) is 3.91. The van der Waals surface area contributed by atoms with Crippen molar-refractivity contribution in [1.29, 1.82) is 0 Å². The molecular formula is C15H23FN2. The lowest BCUT2D eigenvalue weighted by atomic mass is 10.1. The Bertz CT molecular complexity index is 411. The molecule has 0 heterocycles. The van der Waals surface area contributed by atoms with E-state index in [1.807, 2.05) is 19.1 Å². The van der Waals surface area contributed by atoms with Crippen molar-refractivity contribution in [2.24, 2.45) is 11.7 Å². The van der Waals surface area contributed by atoms with Gasteiger partial charge in [0.05, 0.1) is 5.69 Å². The van der Waals surface area contributed by atoms with Crippen LogP contribution in [0.15, 0.2) is 18.2 Å². The minimum absolute atomic E-state index is 0.121. The molecule has 1 aromatic carbocycles. The average Bonchev–Trinajstić information content (AvgIpc) is 3.09. The van der Waals surface area contributed by atoms with E-state index in [1.165, 1.54) is 12.8 Å². The highest BCUT2D eigenvalue weighted by atomic mass is 19.1. The van der Waals surface area contributed by atoms with Crippen LogP contribution < -0.4 is 10.6 Å². The van der Waals surface area contributed by atoms with E-state index < -0.39 is 0 Å². The van der Waals surface area contributed by atoms with Crippen molar-refractivity contribution in [3.8, 4) is 0 Å². The molecule has 1 aromatic rings. The van der Waals surface area contributed by atoms with Crippen molar-refractivity contribution in [3.05, 3.63) is 29.6 Å². The molecule has 3 heteroatoms. The Morgan fingerprint density at radius 1 is 1.33 bits per heavy atom. The van der Waals surface area contributed by atoms with Gasteiger partial charge in [0.1, 0.15) is 5.82 Å². The fraction of sp³-hybridized carbons (Fsp3) is 0.600. The zero-order chi connectivity index (χ0) is 13.3. The molecule has 0 aliphatic heterocycles. The molecule has 0 saturated heterocycles. The van der Waals surface area contributed by atoms with E-state index in [2.05, 4.69) is 18.7 Å². The summed E-state index contributed by atoms with van der Waals surface area (Å²) in [4.78, 5) is 2.16. The minimum atomic E-state index is -0.154. The third-order valence-electron chi connectivity index (χ3n) is 3.58. The van der Waals surface area contributed by atoms with Crippen LogP contribution >= 0.6 is 0 Å². The van der Waals surface area contributed by atoms with E-state index in [9.17, 15) is 4.39 Å². The zero-order valence-electron chi connectivity index (χ0n) is 11.5. The van der Waals surface area contributed by atoms with Crippen LogP contribution in [0.2, 0.25) is 0 Å². The molecule has 2 rings (SSSR count). The van der Waals surface area contributed by atoms with Crippen molar-refractivity contribution in [2.75, 3.05) is 11.4 Å². The van der Waals surface area contributed by atoms with Gasteiger partial charge in [-0.25, -0.2) is 4.39 Å². The number of rotatable bonds is 5. The van der Waals surface area contributed by atoms with E-state index in [4.69, 9.17) is 5.73 Å². The number of benzene rings is 1. The molecule has 0 spiro atoms. The van der Waals surface area contributed by atoms with Gasteiger partial charge in [-0.2, -0.15) is 0 Å². The maximum Gasteiger partial charge on any atom is 0.146 e. The van der Waals surface area contributed by atoms with Crippen LogP contribution in [0.5, 0.6) is 0 Å². The van der Waals surface area contributed by atoms with Gasteiger partial charge in [-0.3, -0.25) is 0 Å². The van der Waals surface area contributed by atoms with Gasteiger partial charge in [0.25, 0.3) is 0 Å².